The van der Waals surface area contributed by atoms with E-state index in [1.165, 1.54) is 30.2 Å². The average molecular weight is 442 g/mol. The minimum atomic E-state index is -0.567. The zero-order valence-corrected chi connectivity index (χ0v) is 17.1. The number of aromatic amines is 2. The summed E-state index contributed by atoms with van der Waals surface area (Å²) in [7, 11) is 1.27. The molecule has 0 spiro atoms. The number of H-pyrrole nitrogens is 2. The highest BCUT2D eigenvalue weighted by Gasteiger charge is 2.36. The molecule has 5 rings (SSSR count). The first-order chi connectivity index (χ1) is 14.9. The van der Waals surface area contributed by atoms with Gasteiger partial charge in [-0.05, 0) is 35.9 Å². The van der Waals surface area contributed by atoms with Crippen molar-refractivity contribution in [2.75, 3.05) is 24.4 Å². The summed E-state index contributed by atoms with van der Waals surface area (Å²) in [6.45, 7) is 0.304. The zero-order chi connectivity index (χ0) is 21.9. The van der Waals surface area contributed by atoms with Crippen molar-refractivity contribution in [2.24, 2.45) is 0 Å². The third kappa shape index (κ3) is 2.94. The number of phenolic OH excluding ortho intramolecular Hbond substituents is 1. The van der Waals surface area contributed by atoms with E-state index in [0.717, 1.165) is 5.56 Å². The molecule has 158 valence electrons. The van der Waals surface area contributed by atoms with Gasteiger partial charge in [0.2, 0.25) is 0 Å². The maximum Gasteiger partial charge on any atom is 0.354 e. The molecule has 0 bridgehead atoms. The van der Waals surface area contributed by atoms with Gasteiger partial charge in [-0.1, -0.05) is 0 Å². The molecule has 0 aliphatic carbocycles. The SMILES string of the molecule is COC(=O)c1cc2c3c(cc(O)c2[nH]1)N(C(=O)c1cc2cc(F)ccc2[nH]1)C[C@H]3CCl. The number of fused-ring (bicyclic) bond motifs is 4. The number of methoxy groups -OCH3 is 1. The number of ether oxygens (including phenoxy) is 1. The third-order valence-corrected chi connectivity index (χ3v) is 6.04. The molecule has 0 saturated carbocycles. The van der Waals surface area contributed by atoms with Gasteiger partial charge in [-0.15, -0.1) is 11.6 Å². The number of hydrogen-bond acceptors (Lipinski definition) is 4. The van der Waals surface area contributed by atoms with Gasteiger partial charge in [0.05, 0.1) is 18.3 Å². The standard InChI is InChI=1S/C22H17ClFN3O4/c1-31-22(30)16-6-13-19-11(8-23)9-27(17(19)7-18(28)20(13)26-16)21(29)15-5-10-4-12(24)2-3-14(10)25-15/h2-7,11,25-26,28H,8-9H2,1H3/t11-/m1/s1. The molecule has 3 heterocycles. The Morgan fingerprint density at radius 1 is 1.23 bits per heavy atom. The number of nitrogens with one attached hydrogen (secondary N) is 2. The molecular formula is C22H17ClFN3O4. The van der Waals surface area contributed by atoms with Crippen molar-refractivity contribution in [1.82, 2.24) is 9.97 Å². The Morgan fingerprint density at radius 2 is 2.03 bits per heavy atom. The van der Waals surface area contributed by atoms with Crippen molar-refractivity contribution in [3.05, 3.63) is 59.2 Å². The van der Waals surface area contributed by atoms with E-state index in [9.17, 15) is 19.1 Å². The van der Waals surface area contributed by atoms with Crippen LogP contribution < -0.4 is 4.90 Å². The predicted octanol–water partition coefficient (Wildman–Crippen LogP) is 4.26. The normalized spacial score (nSPS) is 15.6. The number of nitrogens with zero attached hydrogens (tertiary/aromatic N) is 1. The van der Waals surface area contributed by atoms with Gasteiger partial charge in [-0.3, -0.25) is 4.79 Å². The number of alkyl halides is 1. The zero-order valence-electron chi connectivity index (χ0n) is 16.3. The van der Waals surface area contributed by atoms with Crippen molar-refractivity contribution >= 4 is 51.0 Å². The predicted molar refractivity (Wildman–Crippen MR) is 115 cm³/mol. The number of hydrogen-bond donors (Lipinski definition) is 3. The Bertz CT molecular complexity index is 1380. The van der Waals surface area contributed by atoms with Crippen LogP contribution in [0, 0.1) is 5.82 Å². The van der Waals surface area contributed by atoms with Gasteiger partial charge >= 0.3 is 5.97 Å². The molecule has 7 nitrogen and oxygen atoms in total. The molecule has 2 aromatic carbocycles. The number of anilines is 1. The molecule has 0 unspecified atom stereocenters. The van der Waals surface area contributed by atoms with Gasteiger partial charge in [-0.25, -0.2) is 9.18 Å². The first kappa shape index (κ1) is 19.4. The molecule has 1 aliphatic rings. The van der Waals surface area contributed by atoms with Gasteiger partial charge in [0.15, 0.2) is 0 Å². The van der Waals surface area contributed by atoms with Crippen molar-refractivity contribution in [3.8, 4) is 5.75 Å². The molecule has 2 aromatic heterocycles. The van der Waals surface area contributed by atoms with E-state index in [-0.39, 0.29) is 35.0 Å². The number of aromatic nitrogens is 2. The smallest absolute Gasteiger partial charge is 0.354 e. The lowest BCUT2D eigenvalue weighted by atomic mass is 9.98. The number of carbonyl (C=O) groups is 2. The number of carbonyl (C=O) groups excluding carboxylic acids is 2. The summed E-state index contributed by atoms with van der Waals surface area (Å²) in [6, 6.07) is 8.93. The summed E-state index contributed by atoms with van der Waals surface area (Å²) in [5.74, 6) is -1.34. The minimum Gasteiger partial charge on any atom is -0.506 e. The van der Waals surface area contributed by atoms with Crippen LogP contribution in [0.25, 0.3) is 21.8 Å². The van der Waals surface area contributed by atoms with E-state index < -0.39 is 5.97 Å². The summed E-state index contributed by atoms with van der Waals surface area (Å²) in [5, 5.41) is 11.8. The van der Waals surface area contributed by atoms with Crippen LogP contribution in [0.15, 0.2) is 36.4 Å². The van der Waals surface area contributed by atoms with E-state index in [2.05, 4.69) is 9.97 Å². The van der Waals surface area contributed by atoms with Crippen LogP contribution in [-0.4, -0.2) is 46.5 Å². The molecule has 31 heavy (non-hydrogen) atoms. The average Bonchev–Trinajstić information content (AvgIpc) is 3.47. The second-order valence-electron chi connectivity index (χ2n) is 7.47. The molecule has 1 aliphatic heterocycles. The van der Waals surface area contributed by atoms with Crippen LogP contribution in [0.5, 0.6) is 5.75 Å². The quantitative estimate of drug-likeness (QED) is 0.327. The number of phenols is 1. The lowest BCUT2D eigenvalue weighted by molar-refractivity contribution is 0.0595. The molecule has 3 N–H and O–H groups in total. The Balaban J connectivity index is 1.63. The maximum absolute atomic E-state index is 13.5. The third-order valence-electron chi connectivity index (χ3n) is 5.67. The lowest BCUT2D eigenvalue weighted by Gasteiger charge is -2.17. The fourth-order valence-electron chi connectivity index (χ4n) is 4.25. The maximum atomic E-state index is 13.5. The number of aromatic hydroxyl groups is 1. The number of halogens is 2. The molecule has 9 heteroatoms. The molecular weight excluding hydrogens is 425 g/mol. The van der Waals surface area contributed by atoms with Crippen LogP contribution in [0.4, 0.5) is 10.1 Å². The van der Waals surface area contributed by atoms with E-state index in [4.69, 9.17) is 16.3 Å². The summed E-state index contributed by atoms with van der Waals surface area (Å²) in [4.78, 5) is 32.7. The van der Waals surface area contributed by atoms with Crippen molar-refractivity contribution in [3.63, 3.8) is 0 Å². The van der Waals surface area contributed by atoms with Crippen molar-refractivity contribution in [2.45, 2.75) is 5.92 Å². The Hall–Kier alpha value is -3.52. The van der Waals surface area contributed by atoms with Crippen molar-refractivity contribution < 1.29 is 23.8 Å². The van der Waals surface area contributed by atoms with Gasteiger partial charge in [0.25, 0.3) is 5.91 Å². The fourth-order valence-corrected chi connectivity index (χ4v) is 4.50. The molecule has 0 radical (unpaired) electrons. The molecule has 1 atom stereocenters. The van der Waals surface area contributed by atoms with Crippen LogP contribution >= 0.6 is 11.6 Å². The summed E-state index contributed by atoms with van der Waals surface area (Å²) >= 11 is 6.22. The lowest BCUT2D eigenvalue weighted by Crippen LogP contribution is -2.30. The number of benzene rings is 2. The topological polar surface area (TPSA) is 98.4 Å². The van der Waals surface area contributed by atoms with Crippen molar-refractivity contribution in [1.29, 1.82) is 0 Å². The number of amides is 1. The first-order valence-corrected chi connectivity index (χ1v) is 10.1. The highest BCUT2D eigenvalue weighted by Crippen LogP contribution is 2.45. The Morgan fingerprint density at radius 3 is 2.77 bits per heavy atom. The fraction of sp³-hybridized carbons (Fsp3) is 0.182. The van der Waals surface area contributed by atoms with Crippen LogP contribution in [0.3, 0.4) is 0 Å². The van der Waals surface area contributed by atoms with Crippen LogP contribution in [0.1, 0.15) is 32.5 Å². The van der Waals surface area contributed by atoms with Gasteiger partial charge in [0.1, 0.15) is 23.0 Å². The highest BCUT2D eigenvalue weighted by atomic mass is 35.5. The second kappa shape index (κ2) is 7.02. The second-order valence-corrected chi connectivity index (χ2v) is 7.78. The monoisotopic (exact) mass is 441 g/mol. The Kier molecular flexibility index (Phi) is 4.40. The highest BCUT2D eigenvalue weighted by molar-refractivity contribution is 6.19. The molecule has 0 saturated heterocycles. The molecule has 4 aromatic rings. The summed E-state index contributed by atoms with van der Waals surface area (Å²) in [5.41, 5.74) is 2.79. The van der Waals surface area contributed by atoms with Gasteiger partial charge < -0.3 is 24.7 Å². The first-order valence-electron chi connectivity index (χ1n) is 9.54. The van der Waals surface area contributed by atoms with E-state index in [1.54, 1.807) is 18.2 Å². The number of rotatable bonds is 3. The van der Waals surface area contributed by atoms with E-state index in [1.807, 2.05) is 0 Å². The molecule has 0 fully saturated rings. The number of esters is 1. The summed E-state index contributed by atoms with van der Waals surface area (Å²) < 4.78 is 18.3. The largest absolute Gasteiger partial charge is 0.506 e. The van der Waals surface area contributed by atoms with Gasteiger partial charge in [0, 0.05) is 40.7 Å². The minimum absolute atomic E-state index is 0.101. The van der Waals surface area contributed by atoms with Crippen LogP contribution in [-0.2, 0) is 4.74 Å². The van der Waals surface area contributed by atoms with E-state index in [0.29, 0.717) is 39.7 Å². The van der Waals surface area contributed by atoms with Gasteiger partial charge in [-0.2, -0.15) is 0 Å². The van der Waals surface area contributed by atoms with E-state index >= 15 is 0 Å². The van der Waals surface area contributed by atoms with Crippen LogP contribution in [0.2, 0.25) is 0 Å². The summed E-state index contributed by atoms with van der Waals surface area (Å²) in [6.07, 6.45) is 0. The Labute approximate surface area is 180 Å². The molecule has 1 amide bonds.